The first-order chi connectivity index (χ1) is 10.9. The Hall–Kier alpha value is -2.55. The summed E-state index contributed by atoms with van der Waals surface area (Å²) in [5.74, 6) is 8.77. The minimum Gasteiger partial charge on any atom is -0.279 e. The molecule has 0 heterocycles. The summed E-state index contributed by atoms with van der Waals surface area (Å²) in [5, 5.41) is 19.3. The summed E-state index contributed by atoms with van der Waals surface area (Å²) in [6.45, 7) is 12.1. The van der Waals surface area contributed by atoms with Crippen molar-refractivity contribution in [3.05, 3.63) is 29.3 Å². The van der Waals surface area contributed by atoms with Gasteiger partial charge in [-0.1, -0.05) is 30.8 Å². The summed E-state index contributed by atoms with van der Waals surface area (Å²) in [6.07, 6.45) is 0. The first-order valence-electron chi connectivity index (χ1n) is 7.63. The molecule has 0 radical (unpaired) electrons. The molecule has 0 aromatic heterocycles. The monoisotopic (exact) mass is 322 g/mol. The lowest BCUT2D eigenvalue weighted by atomic mass is 10.1. The lowest BCUT2D eigenvalue weighted by Gasteiger charge is -2.11. The molecule has 0 aliphatic heterocycles. The number of hydrogen-bond donors (Lipinski definition) is 0. The Morgan fingerprint density at radius 1 is 1.13 bits per heavy atom. The van der Waals surface area contributed by atoms with E-state index >= 15 is 0 Å². The van der Waals surface area contributed by atoms with E-state index in [2.05, 4.69) is 59.4 Å². The predicted octanol–water partition coefficient (Wildman–Crippen LogP) is 4.13. The van der Waals surface area contributed by atoms with Crippen molar-refractivity contribution in [3.63, 3.8) is 0 Å². The van der Waals surface area contributed by atoms with E-state index in [9.17, 15) is 0 Å². The van der Waals surface area contributed by atoms with Crippen molar-refractivity contribution >= 4 is 13.8 Å². The summed E-state index contributed by atoms with van der Waals surface area (Å²) in [7, 11) is -1.43. The van der Waals surface area contributed by atoms with Crippen molar-refractivity contribution in [2.75, 3.05) is 13.1 Å². The number of nitrogens with zero attached hydrogens (tertiary/aromatic N) is 4. The van der Waals surface area contributed by atoms with Crippen LogP contribution in [-0.4, -0.2) is 26.2 Å². The maximum atomic E-state index is 9.04. The summed E-state index contributed by atoms with van der Waals surface area (Å²) in [5.41, 5.74) is 5.07. The van der Waals surface area contributed by atoms with E-state index in [1.807, 2.05) is 18.9 Å². The van der Waals surface area contributed by atoms with Crippen molar-refractivity contribution in [3.8, 4) is 29.4 Å². The van der Waals surface area contributed by atoms with Crippen LogP contribution in [0.4, 0.5) is 5.69 Å². The van der Waals surface area contributed by atoms with Gasteiger partial charge >= 0.3 is 0 Å². The normalized spacial score (nSPS) is 10.3. The fraction of sp³-hybridized carbons (Fsp3) is 0.389. The average Bonchev–Trinajstić information content (AvgIpc) is 2.52. The van der Waals surface area contributed by atoms with Crippen LogP contribution in [0, 0.1) is 34.6 Å². The van der Waals surface area contributed by atoms with Crippen LogP contribution < -0.4 is 0 Å². The fourth-order valence-corrected chi connectivity index (χ4v) is 2.01. The van der Waals surface area contributed by atoms with Crippen molar-refractivity contribution in [2.45, 2.75) is 33.5 Å². The molecule has 0 bridgehead atoms. The molecule has 0 aliphatic rings. The molecule has 23 heavy (non-hydrogen) atoms. The van der Waals surface area contributed by atoms with E-state index in [0.717, 1.165) is 13.1 Å². The Bertz CT molecular complexity index is 727. The number of hydrogen-bond acceptors (Lipinski definition) is 3. The Morgan fingerprint density at radius 3 is 2.39 bits per heavy atom. The lowest BCUT2D eigenvalue weighted by Crippen LogP contribution is -2.16. The molecule has 0 aliphatic carbocycles. The molecule has 0 spiro atoms. The maximum absolute atomic E-state index is 9.04. The van der Waals surface area contributed by atoms with Crippen LogP contribution in [0.25, 0.3) is 0 Å². The first kappa shape index (κ1) is 18.5. The summed E-state index contributed by atoms with van der Waals surface area (Å²) >= 11 is 0. The summed E-state index contributed by atoms with van der Waals surface area (Å²) in [6, 6.07) is 7.32. The van der Waals surface area contributed by atoms with Gasteiger partial charge in [0, 0.05) is 13.1 Å². The highest BCUT2D eigenvalue weighted by atomic mass is 28.3. The topological polar surface area (TPSA) is 51.8 Å². The molecule has 0 saturated heterocycles. The highest BCUT2D eigenvalue weighted by molar-refractivity contribution is 6.83. The van der Waals surface area contributed by atoms with Crippen LogP contribution in [0.3, 0.4) is 0 Å². The average molecular weight is 322 g/mol. The van der Waals surface area contributed by atoms with E-state index in [4.69, 9.17) is 5.26 Å². The lowest BCUT2D eigenvalue weighted by molar-refractivity contribution is 0.300. The van der Waals surface area contributed by atoms with Gasteiger partial charge in [-0.15, -0.1) is 10.7 Å². The van der Waals surface area contributed by atoms with Crippen LogP contribution in [0.2, 0.25) is 19.6 Å². The van der Waals surface area contributed by atoms with Gasteiger partial charge in [0.25, 0.3) is 0 Å². The minimum absolute atomic E-state index is 0.550. The van der Waals surface area contributed by atoms with Crippen molar-refractivity contribution in [1.29, 1.82) is 5.26 Å². The van der Waals surface area contributed by atoms with Crippen LogP contribution in [0.5, 0.6) is 0 Å². The highest BCUT2D eigenvalue weighted by Crippen LogP contribution is 2.20. The van der Waals surface area contributed by atoms with E-state index in [0.29, 0.717) is 16.8 Å². The van der Waals surface area contributed by atoms with E-state index in [-0.39, 0.29) is 0 Å². The SMILES string of the molecule is CCN(CC)N=Nc1ccc(C#N)cc1C#CC#C[Si](C)(C)C. The van der Waals surface area contributed by atoms with Crippen LogP contribution in [0.1, 0.15) is 25.0 Å². The Morgan fingerprint density at radius 2 is 1.83 bits per heavy atom. The molecule has 0 N–H and O–H groups in total. The highest BCUT2D eigenvalue weighted by Gasteiger charge is 2.07. The van der Waals surface area contributed by atoms with Crippen molar-refractivity contribution in [2.24, 2.45) is 10.3 Å². The Balaban J connectivity index is 3.15. The minimum atomic E-state index is -1.43. The quantitative estimate of drug-likeness (QED) is 0.362. The zero-order chi connectivity index (χ0) is 17.3. The van der Waals surface area contributed by atoms with Gasteiger partial charge in [0.15, 0.2) is 0 Å². The molecule has 0 fully saturated rings. The fourth-order valence-electron chi connectivity index (χ4n) is 1.57. The summed E-state index contributed by atoms with van der Waals surface area (Å²) in [4.78, 5) is 0. The van der Waals surface area contributed by atoms with Crippen LogP contribution >= 0.6 is 0 Å². The molecular weight excluding hydrogens is 300 g/mol. The second kappa shape index (κ2) is 8.78. The third-order valence-corrected chi connectivity index (χ3v) is 3.71. The molecule has 118 valence electrons. The molecule has 0 unspecified atom stereocenters. The number of benzene rings is 1. The molecule has 0 saturated carbocycles. The molecule has 1 rings (SSSR count). The molecule has 1 aromatic rings. The van der Waals surface area contributed by atoms with E-state index in [1.165, 1.54) is 0 Å². The van der Waals surface area contributed by atoms with E-state index < -0.39 is 8.07 Å². The molecule has 4 nitrogen and oxygen atoms in total. The van der Waals surface area contributed by atoms with Gasteiger partial charge in [-0.25, -0.2) is 0 Å². The Kier molecular flexibility index (Phi) is 7.06. The van der Waals surface area contributed by atoms with Gasteiger partial charge < -0.3 is 0 Å². The van der Waals surface area contributed by atoms with Gasteiger partial charge in [0.2, 0.25) is 0 Å². The number of rotatable bonds is 4. The second-order valence-electron chi connectivity index (χ2n) is 5.92. The van der Waals surface area contributed by atoms with Crippen LogP contribution in [-0.2, 0) is 0 Å². The zero-order valence-corrected chi connectivity index (χ0v) is 15.4. The van der Waals surface area contributed by atoms with Gasteiger partial charge in [-0.3, -0.25) is 5.01 Å². The van der Waals surface area contributed by atoms with Gasteiger partial charge in [0.05, 0.1) is 17.2 Å². The van der Waals surface area contributed by atoms with Crippen LogP contribution in [0.15, 0.2) is 28.5 Å². The predicted molar refractivity (Wildman–Crippen MR) is 96.6 cm³/mol. The molecular formula is C18H22N4Si. The third-order valence-electron chi connectivity index (χ3n) is 2.83. The standard InChI is InChI=1S/C18H22N4Si/c1-6-22(7-2)21-20-18-12-11-16(15-19)14-17(18)10-8-9-13-23(3,4)5/h11-12,14H,6-7H2,1-5H3. The van der Waals surface area contributed by atoms with Gasteiger partial charge in [0.1, 0.15) is 13.8 Å². The van der Waals surface area contributed by atoms with Gasteiger partial charge in [-0.05, 0) is 43.9 Å². The largest absolute Gasteiger partial charge is 0.279 e. The molecule has 5 heteroatoms. The third kappa shape index (κ3) is 6.83. The molecule has 0 amide bonds. The molecule has 1 aromatic carbocycles. The second-order valence-corrected chi connectivity index (χ2v) is 10.7. The summed E-state index contributed by atoms with van der Waals surface area (Å²) < 4.78 is 0. The van der Waals surface area contributed by atoms with Crippen molar-refractivity contribution in [1.82, 2.24) is 5.01 Å². The maximum Gasteiger partial charge on any atom is 0.130 e. The van der Waals surface area contributed by atoms with E-state index in [1.54, 1.807) is 18.2 Å². The molecule has 0 atom stereocenters. The number of nitriles is 1. The first-order valence-corrected chi connectivity index (χ1v) is 11.1. The van der Waals surface area contributed by atoms with Crippen molar-refractivity contribution < 1.29 is 0 Å². The van der Waals surface area contributed by atoms with Gasteiger partial charge in [-0.2, -0.15) is 5.26 Å². The zero-order valence-electron chi connectivity index (χ0n) is 14.4. The smallest absolute Gasteiger partial charge is 0.130 e. The Labute approximate surface area is 140 Å².